The van der Waals surface area contributed by atoms with Crippen molar-refractivity contribution in [3.63, 3.8) is 0 Å². The highest BCUT2D eigenvalue weighted by Gasteiger charge is 2.34. The lowest BCUT2D eigenvalue weighted by molar-refractivity contribution is 0.126. The van der Waals surface area contributed by atoms with Crippen molar-refractivity contribution in [2.75, 3.05) is 0 Å². The van der Waals surface area contributed by atoms with Crippen molar-refractivity contribution in [3.05, 3.63) is 12.2 Å². The van der Waals surface area contributed by atoms with Crippen molar-refractivity contribution in [1.29, 1.82) is 0 Å². The highest BCUT2D eigenvalue weighted by atomic mass is 14.4. The second-order valence-corrected chi connectivity index (χ2v) is 5.88. The number of rotatable bonds is 7. The molecule has 1 aliphatic carbocycles. The van der Waals surface area contributed by atoms with Crippen LogP contribution in [-0.2, 0) is 0 Å². The van der Waals surface area contributed by atoms with Gasteiger partial charge in [0.2, 0.25) is 0 Å². The molecule has 0 aromatic heterocycles. The maximum Gasteiger partial charge on any atom is -0.0179 e. The number of allylic oxidation sites excluding steroid dienone is 2. The number of unbranched alkanes of at least 4 members (excludes halogenated alkanes) is 4. The van der Waals surface area contributed by atoms with Crippen LogP contribution in [0, 0.1) is 17.8 Å². The zero-order valence-corrected chi connectivity index (χ0v) is 13.5. The molecule has 0 heteroatoms. The van der Waals surface area contributed by atoms with E-state index in [1.54, 1.807) is 0 Å². The Morgan fingerprint density at radius 1 is 0.944 bits per heavy atom. The second kappa shape index (κ2) is 11.8. The van der Waals surface area contributed by atoms with Crippen molar-refractivity contribution < 1.29 is 0 Å². The molecule has 0 heterocycles. The lowest BCUT2D eigenvalue weighted by Crippen LogP contribution is -2.32. The molecule has 3 atom stereocenters. The van der Waals surface area contributed by atoms with E-state index in [2.05, 4.69) is 46.8 Å². The first kappa shape index (κ1) is 17.7. The molecule has 0 aromatic carbocycles. The summed E-state index contributed by atoms with van der Waals surface area (Å²) in [5.74, 6) is 2.85. The van der Waals surface area contributed by atoms with Crippen molar-refractivity contribution >= 4 is 0 Å². The van der Waals surface area contributed by atoms with E-state index in [1.165, 1.54) is 51.4 Å². The molecule has 1 fully saturated rings. The molecule has 1 saturated carbocycles. The zero-order chi connectivity index (χ0) is 13.8. The van der Waals surface area contributed by atoms with Gasteiger partial charge in [0.1, 0.15) is 0 Å². The summed E-state index contributed by atoms with van der Waals surface area (Å²) in [5, 5.41) is 0. The van der Waals surface area contributed by atoms with E-state index < -0.39 is 0 Å². The van der Waals surface area contributed by atoms with Gasteiger partial charge in [-0.3, -0.25) is 0 Å². The summed E-state index contributed by atoms with van der Waals surface area (Å²) in [6.07, 6.45) is 15.8. The van der Waals surface area contributed by atoms with Crippen molar-refractivity contribution in [1.82, 2.24) is 0 Å². The van der Waals surface area contributed by atoms with Gasteiger partial charge in [-0.25, -0.2) is 0 Å². The summed E-state index contributed by atoms with van der Waals surface area (Å²) in [4.78, 5) is 0. The SMILES string of the molecule is CCC/C=C/C1C(C)CC1CC.CCCCCC. The van der Waals surface area contributed by atoms with Crippen LogP contribution in [0.3, 0.4) is 0 Å². The summed E-state index contributed by atoms with van der Waals surface area (Å²) in [6.45, 7) is 11.4. The van der Waals surface area contributed by atoms with Gasteiger partial charge >= 0.3 is 0 Å². The van der Waals surface area contributed by atoms with Crippen molar-refractivity contribution in [2.45, 2.75) is 86.0 Å². The molecule has 0 spiro atoms. The van der Waals surface area contributed by atoms with Crippen molar-refractivity contribution in [2.24, 2.45) is 17.8 Å². The Morgan fingerprint density at radius 3 is 1.94 bits per heavy atom. The first-order chi connectivity index (χ1) is 8.71. The van der Waals surface area contributed by atoms with Crippen LogP contribution in [-0.4, -0.2) is 0 Å². The Balaban J connectivity index is 0.000000411. The molecule has 0 aromatic rings. The predicted octanol–water partition coefficient (Wildman–Crippen LogP) is 6.61. The molecule has 0 nitrogen and oxygen atoms in total. The lowest BCUT2D eigenvalue weighted by atomic mass is 9.64. The van der Waals surface area contributed by atoms with Crippen LogP contribution in [0.15, 0.2) is 12.2 Å². The van der Waals surface area contributed by atoms with E-state index in [0.717, 1.165) is 17.8 Å². The molecule has 0 N–H and O–H groups in total. The van der Waals surface area contributed by atoms with Gasteiger partial charge in [0.25, 0.3) is 0 Å². The fraction of sp³-hybridized carbons (Fsp3) is 0.889. The van der Waals surface area contributed by atoms with E-state index in [-0.39, 0.29) is 0 Å². The van der Waals surface area contributed by atoms with Gasteiger partial charge in [0.15, 0.2) is 0 Å². The normalized spacial score (nSPS) is 26.6. The molecule has 108 valence electrons. The van der Waals surface area contributed by atoms with E-state index in [0.29, 0.717) is 0 Å². The van der Waals surface area contributed by atoms with Crippen LogP contribution in [0.25, 0.3) is 0 Å². The van der Waals surface area contributed by atoms with Gasteiger partial charge in [-0.2, -0.15) is 0 Å². The molecular weight excluding hydrogens is 216 g/mol. The second-order valence-electron chi connectivity index (χ2n) is 5.88. The molecule has 0 radical (unpaired) electrons. The van der Waals surface area contributed by atoms with E-state index in [1.807, 2.05) is 0 Å². The minimum Gasteiger partial charge on any atom is -0.0882 e. The van der Waals surface area contributed by atoms with Gasteiger partial charge in [0.05, 0.1) is 0 Å². The maximum atomic E-state index is 2.46. The molecule has 0 saturated heterocycles. The van der Waals surface area contributed by atoms with Gasteiger partial charge in [-0.15, -0.1) is 0 Å². The first-order valence-electron chi connectivity index (χ1n) is 8.37. The fourth-order valence-corrected chi connectivity index (χ4v) is 2.77. The summed E-state index contributed by atoms with van der Waals surface area (Å²) in [5.41, 5.74) is 0. The van der Waals surface area contributed by atoms with Crippen molar-refractivity contribution in [3.8, 4) is 0 Å². The largest absolute Gasteiger partial charge is 0.0882 e. The van der Waals surface area contributed by atoms with E-state index >= 15 is 0 Å². The van der Waals surface area contributed by atoms with E-state index in [4.69, 9.17) is 0 Å². The van der Waals surface area contributed by atoms with Crippen LogP contribution in [0.5, 0.6) is 0 Å². The Kier molecular flexibility index (Phi) is 11.6. The van der Waals surface area contributed by atoms with Gasteiger partial charge in [0, 0.05) is 0 Å². The average Bonchev–Trinajstić information content (AvgIpc) is 2.39. The third-order valence-electron chi connectivity index (χ3n) is 4.17. The number of hydrogen-bond acceptors (Lipinski definition) is 0. The van der Waals surface area contributed by atoms with Crippen LogP contribution < -0.4 is 0 Å². The Morgan fingerprint density at radius 2 is 1.56 bits per heavy atom. The lowest BCUT2D eigenvalue weighted by Gasteiger charge is -2.41. The summed E-state index contributed by atoms with van der Waals surface area (Å²) < 4.78 is 0. The molecule has 0 aliphatic heterocycles. The van der Waals surface area contributed by atoms with Crippen LogP contribution in [0.4, 0.5) is 0 Å². The predicted molar refractivity (Wildman–Crippen MR) is 84.9 cm³/mol. The van der Waals surface area contributed by atoms with E-state index in [9.17, 15) is 0 Å². The van der Waals surface area contributed by atoms with Crippen LogP contribution >= 0.6 is 0 Å². The molecule has 3 unspecified atom stereocenters. The quantitative estimate of drug-likeness (QED) is 0.353. The monoisotopic (exact) mass is 252 g/mol. The average molecular weight is 252 g/mol. The first-order valence-corrected chi connectivity index (χ1v) is 8.37. The number of hydrogen-bond donors (Lipinski definition) is 0. The van der Waals surface area contributed by atoms with Gasteiger partial charge in [-0.1, -0.05) is 85.3 Å². The topological polar surface area (TPSA) is 0 Å². The third-order valence-corrected chi connectivity index (χ3v) is 4.17. The third kappa shape index (κ3) is 7.24. The minimum atomic E-state index is 0.904. The molecule has 0 amide bonds. The Hall–Kier alpha value is -0.260. The molecular formula is C18H36. The summed E-state index contributed by atoms with van der Waals surface area (Å²) in [6, 6.07) is 0. The Bertz CT molecular complexity index is 188. The van der Waals surface area contributed by atoms with Crippen LogP contribution in [0.2, 0.25) is 0 Å². The molecule has 0 bridgehead atoms. The highest BCUT2D eigenvalue weighted by molar-refractivity contribution is 5.00. The summed E-state index contributed by atoms with van der Waals surface area (Å²) >= 11 is 0. The summed E-state index contributed by atoms with van der Waals surface area (Å²) in [7, 11) is 0. The maximum absolute atomic E-state index is 2.46. The van der Waals surface area contributed by atoms with Crippen LogP contribution in [0.1, 0.15) is 86.0 Å². The van der Waals surface area contributed by atoms with Gasteiger partial charge in [-0.05, 0) is 30.6 Å². The fourth-order valence-electron chi connectivity index (χ4n) is 2.77. The van der Waals surface area contributed by atoms with Gasteiger partial charge < -0.3 is 0 Å². The molecule has 1 rings (SSSR count). The Labute approximate surface area is 116 Å². The molecule has 18 heavy (non-hydrogen) atoms. The zero-order valence-electron chi connectivity index (χ0n) is 13.5. The highest BCUT2D eigenvalue weighted by Crippen LogP contribution is 2.42. The molecule has 1 aliphatic rings. The smallest absolute Gasteiger partial charge is 0.0179 e. The standard InChI is InChI=1S/C12H22.C6H14/c1-4-6-7-8-12-10(3)9-11(12)5-2;1-3-5-6-4-2/h7-8,10-12H,4-6,9H2,1-3H3;3-6H2,1-2H3/b8-7+;. The minimum absolute atomic E-state index is 0.904.